The van der Waals surface area contributed by atoms with Gasteiger partial charge in [0, 0.05) is 12.5 Å². The van der Waals surface area contributed by atoms with Gasteiger partial charge in [-0.15, -0.1) is 0 Å². The highest BCUT2D eigenvalue weighted by Gasteiger charge is 2.25. The van der Waals surface area contributed by atoms with Crippen molar-refractivity contribution in [1.82, 2.24) is 15.0 Å². The number of likely N-dealkylation sites (tertiary alicyclic amines) is 1. The fourth-order valence-corrected chi connectivity index (χ4v) is 2.32. The molecular weight excluding hydrogens is 222 g/mol. The largest absolute Gasteiger partial charge is 0.481 e. The Balaban J connectivity index is 1.94. The van der Waals surface area contributed by atoms with E-state index in [-0.39, 0.29) is 12.2 Å². The number of nitrogens with zero attached hydrogens (tertiary/aromatic N) is 3. The van der Waals surface area contributed by atoms with Crippen LogP contribution in [0.2, 0.25) is 0 Å². The molecule has 1 fully saturated rings. The van der Waals surface area contributed by atoms with Crippen LogP contribution in [0.5, 0.6) is 0 Å². The summed E-state index contributed by atoms with van der Waals surface area (Å²) in [6.07, 6.45) is 2.89. The second kappa shape index (κ2) is 5.27. The normalized spacial score (nSPS) is 20.9. The number of likely N-dealkylation sites (N-methyl/N-ethyl adjacent to an activating group) is 1. The Labute approximate surface area is 99.6 Å². The molecular formula is C11H17N3O3. The van der Waals surface area contributed by atoms with Crippen LogP contribution >= 0.6 is 0 Å². The molecule has 0 spiro atoms. The number of hydrogen-bond donors (Lipinski definition) is 1. The van der Waals surface area contributed by atoms with Crippen molar-refractivity contribution in [2.45, 2.75) is 38.6 Å². The summed E-state index contributed by atoms with van der Waals surface area (Å²) in [5.41, 5.74) is 0. The average Bonchev–Trinajstić information content (AvgIpc) is 2.87. The highest BCUT2D eigenvalue weighted by molar-refractivity contribution is 5.68. The van der Waals surface area contributed by atoms with E-state index in [4.69, 9.17) is 9.63 Å². The standard InChI is InChI=1S/C11H17N3O3/c1-2-14-5-3-4-8(14)6-10-12-9(13-17-10)7-11(15)16/h8H,2-7H2,1H3,(H,15,16). The lowest BCUT2D eigenvalue weighted by Gasteiger charge is -2.20. The number of carboxylic acids is 1. The molecule has 1 saturated heterocycles. The van der Waals surface area contributed by atoms with Gasteiger partial charge in [0.15, 0.2) is 5.82 Å². The molecule has 17 heavy (non-hydrogen) atoms. The quantitative estimate of drug-likeness (QED) is 0.815. The molecule has 0 saturated carbocycles. The third-order valence-electron chi connectivity index (χ3n) is 3.13. The Hall–Kier alpha value is -1.43. The Bertz CT molecular complexity index is 391. The fraction of sp³-hybridized carbons (Fsp3) is 0.727. The molecule has 0 radical (unpaired) electrons. The zero-order valence-corrected chi connectivity index (χ0v) is 9.93. The summed E-state index contributed by atoms with van der Waals surface area (Å²) in [6.45, 7) is 4.29. The lowest BCUT2D eigenvalue weighted by molar-refractivity contribution is -0.136. The molecule has 2 rings (SSSR count). The van der Waals surface area contributed by atoms with Gasteiger partial charge in [0.05, 0.1) is 0 Å². The first-order chi connectivity index (χ1) is 8.19. The van der Waals surface area contributed by atoms with Gasteiger partial charge in [0.1, 0.15) is 6.42 Å². The van der Waals surface area contributed by atoms with Crippen LogP contribution in [-0.4, -0.2) is 45.2 Å². The predicted molar refractivity (Wildman–Crippen MR) is 59.6 cm³/mol. The van der Waals surface area contributed by atoms with Crippen molar-refractivity contribution < 1.29 is 14.4 Å². The molecule has 1 aliphatic heterocycles. The first-order valence-electron chi connectivity index (χ1n) is 5.96. The van der Waals surface area contributed by atoms with Gasteiger partial charge in [0.2, 0.25) is 5.89 Å². The Kier molecular flexibility index (Phi) is 3.73. The van der Waals surface area contributed by atoms with Crippen LogP contribution in [0.25, 0.3) is 0 Å². The minimum absolute atomic E-state index is 0.175. The van der Waals surface area contributed by atoms with E-state index in [2.05, 4.69) is 22.0 Å². The van der Waals surface area contributed by atoms with Crippen LogP contribution in [0.4, 0.5) is 0 Å². The van der Waals surface area contributed by atoms with E-state index in [1.807, 2.05) is 0 Å². The van der Waals surface area contributed by atoms with Crippen molar-refractivity contribution >= 4 is 5.97 Å². The molecule has 1 N–H and O–H groups in total. The molecule has 6 heteroatoms. The Morgan fingerprint density at radius 2 is 2.47 bits per heavy atom. The van der Waals surface area contributed by atoms with E-state index < -0.39 is 5.97 Å². The van der Waals surface area contributed by atoms with E-state index in [9.17, 15) is 4.79 Å². The third-order valence-corrected chi connectivity index (χ3v) is 3.13. The maximum atomic E-state index is 10.5. The van der Waals surface area contributed by atoms with E-state index >= 15 is 0 Å². The Morgan fingerprint density at radius 3 is 3.18 bits per heavy atom. The first kappa shape index (κ1) is 12.0. The molecule has 1 aromatic rings. The molecule has 94 valence electrons. The van der Waals surface area contributed by atoms with Crippen molar-refractivity contribution in [3.05, 3.63) is 11.7 Å². The van der Waals surface area contributed by atoms with Crippen molar-refractivity contribution in [2.24, 2.45) is 0 Å². The van der Waals surface area contributed by atoms with Crippen LogP contribution in [0.1, 0.15) is 31.5 Å². The lowest BCUT2D eigenvalue weighted by atomic mass is 10.1. The van der Waals surface area contributed by atoms with Crippen LogP contribution < -0.4 is 0 Å². The minimum atomic E-state index is -0.937. The SMILES string of the molecule is CCN1CCCC1Cc1nc(CC(=O)O)no1. The van der Waals surface area contributed by atoms with Crippen LogP contribution in [0, 0.1) is 0 Å². The highest BCUT2D eigenvalue weighted by Crippen LogP contribution is 2.19. The summed E-state index contributed by atoms with van der Waals surface area (Å²) in [4.78, 5) is 17.0. The van der Waals surface area contributed by atoms with E-state index in [1.165, 1.54) is 6.42 Å². The Morgan fingerprint density at radius 1 is 1.65 bits per heavy atom. The topological polar surface area (TPSA) is 79.5 Å². The molecule has 1 aliphatic rings. The smallest absolute Gasteiger partial charge is 0.311 e. The lowest BCUT2D eigenvalue weighted by Crippen LogP contribution is -2.30. The summed E-state index contributed by atoms with van der Waals surface area (Å²) in [6, 6.07) is 0.457. The summed E-state index contributed by atoms with van der Waals surface area (Å²) in [7, 11) is 0. The second-order valence-corrected chi connectivity index (χ2v) is 4.30. The van der Waals surface area contributed by atoms with Crippen LogP contribution in [0.3, 0.4) is 0 Å². The van der Waals surface area contributed by atoms with Gasteiger partial charge in [0.25, 0.3) is 0 Å². The van der Waals surface area contributed by atoms with Gasteiger partial charge in [-0.25, -0.2) is 0 Å². The second-order valence-electron chi connectivity index (χ2n) is 4.30. The summed E-state index contributed by atoms with van der Waals surface area (Å²) in [5, 5.41) is 12.3. The zero-order valence-electron chi connectivity index (χ0n) is 9.93. The average molecular weight is 239 g/mol. The van der Waals surface area contributed by atoms with Crippen molar-refractivity contribution in [1.29, 1.82) is 0 Å². The van der Waals surface area contributed by atoms with Gasteiger partial charge < -0.3 is 14.5 Å². The molecule has 0 amide bonds. The minimum Gasteiger partial charge on any atom is -0.481 e. The number of aromatic nitrogens is 2. The molecule has 0 bridgehead atoms. The maximum Gasteiger partial charge on any atom is 0.311 e. The van der Waals surface area contributed by atoms with Crippen molar-refractivity contribution in [3.63, 3.8) is 0 Å². The van der Waals surface area contributed by atoms with Crippen LogP contribution in [-0.2, 0) is 17.6 Å². The summed E-state index contributed by atoms with van der Waals surface area (Å²) in [5.74, 6) is -0.131. The van der Waals surface area contributed by atoms with Gasteiger partial charge >= 0.3 is 5.97 Å². The first-order valence-corrected chi connectivity index (χ1v) is 5.96. The summed E-state index contributed by atoms with van der Waals surface area (Å²) < 4.78 is 5.07. The molecule has 1 atom stereocenters. The molecule has 1 aromatic heterocycles. The van der Waals surface area contributed by atoms with Crippen molar-refractivity contribution in [3.8, 4) is 0 Å². The monoisotopic (exact) mass is 239 g/mol. The molecule has 2 heterocycles. The zero-order chi connectivity index (χ0) is 12.3. The number of aliphatic carboxylic acids is 1. The van der Waals surface area contributed by atoms with E-state index in [0.717, 1.165) is 25.9 Å². The van der Waals surface area contributed by atoms with Gasteiger partial charge in [-0.2, -0.15) is 4.98 Å². The maximum absolute atomic E-state index is 10.5. The van der Waals surface area contributed by atoms with Gasteiger partial charge in [-0.1, -0.05) is 12.1 Å². The number of carbonyl (C=O) groups is 1. The fourth-order valence-electron chi connectivity index (χ4n) is 2.32. The van der Waals surface area contributed by atoms with Gasteiger partial charge in [-0.3, -0.25) is 4.79 Å². The predicted octanol–water partition coefficient (Wildman–Crippen LogP) is 0.723. The number of carboxylic acid groups (broad SMARTS) is 1. The van der Waals surface area contributed by atoms with Crippen LogP contribution in [0.15, 0.2) is 4.52 Å². The third kappa shape index (κ3) is 3.03. The summed E-state index contributed by atoms with van der Waals surface area (Å²) >= 11 is 0. The van der Waals surface area contributed by atoms with Crippen molar-refractivity contribution in [2.75, 3.05) is 13.1 Å². The number of hydrogen-bond acceptors (Lipinski definition) is 5. The molecule has 0 aromatic carbocycles. The highest BCUT2D eigenvalue weighted by atomic mass is 16.5. The molecule has 0 aliphatic carbocycles. The van der Waals surface area contributed by atoms with Gasteiger partial charge in [-0.05, 0) is 25.9 Å². The van der Waals surface area contributed by atoms with E-state index in [0.29, 0.717) is 11.9 Å². The van der Waals surface area contributed by atoms with E-state index in [1.54, 1.807) is 0 Å². The number of rotatable bonds is 5. The molecule has 1 unspecified atom stereocenters. The molecule has 6 nitrogen and oxygen atoms in total.